The summed E-state index contributed by atoms with van der Waals surface area (Å²) in [5.41, 5.74) is 8.67. The molecule has 1 aliphatic heterocycles. The van der Waals surface area contributed by atoms with E-state index < -0.39 is 43.4 Å². The molecule has 0 radical (unpaired) electrons. The van der Waals surface area contributed by atoms with E-state index in [1.807, 2.05) is 6.92 Å². The second-order valence-corrected chi connectivity index (χ2v) is 5.06. The van der Waals surface area contributed by atoms with E-state index in [1.54, 1.807) is 0 Å². The standard InChI is InChI=1S/C14H23N3O7/c1-3-5-7-21-11-9(8-18)23-13(19)10(16-17-15)12(11)24-14(20)22-6-4-2/h4,9-13,18-19H,2-3,5-8H2,1H3/t9?,10-,11+,12?,13+/m0/s1. The van der Waals surface area contributed by atoms with Crippen LogP contribution in [0.3, 0.4) is 0 Å². The zero-order chi connectivity index (χ0) is 17.9. The zero-order valence-electron chi connectivity index (χ0n) is 13.5. The number of carbonyl (C=O) groups excluding carboxylic acids is 1. The maximum absolute atomic E-state index is 11.7. The topological polar surface area (TPSA) is 143 Å². The van der Waals surface area contributed by atoms with Crippen LogP contribution in [0.15, 0.2) is 17.8 Å². The highest BCUT2D eigenvalue weighted by Gasteiger charge is 2.48. The first-order valence-corrected chi connectivity index (χ1v) is 7.63. The summed E-state index contributed by atoms with van der Waals surface area (Å²) in [4.78, 5) is 14.4. The Hall–Kier alpha value is -1.84. The van der Waals surface area contributed by atoms with Crippen LogP contribution in [-0.2, 0) is 18.9 Å². The molecular weight excluding hydrogens is 322 g/mol. The number of aliphatic hydroxyl groups is 2. The van der Waals surface area contributed by atoms with Gasteiger partial charge in [0.25, 0.3) is 0 Å². The molecule has 0 bridgehead atoms. The van der Waals surface area contributed by atoms with Crippen molar-refractivity contribution in [2.24, 2.45) is 5.11 Å². The highest BCUT2D eigenvalue weighted by atomic mass is 16.7. The summed E-state index contributed by atoms with van der Waals surface area (Å²) in [5, 5.41) is 22.8. The van der Waals surface area contributed by atoms with E-state index in [0.717, 1.165) is 12.8 Å². The largest absolute Gasteiger partial charge is 0.508 e. The summed E-state index contributed by atoms with van der Waals surface area (Å²) in [7, 11) is 0. The van der Waals surface area contributed by atoms with Crippen LogP contribution in [0.5, 0.6) is 0 Å². The van der Waals surface area contributed by atoms with Gasteiger partial charge in [-0.2, -0.15) is 0 Å². The SMILES string of the molecule is C=CCOC(=O)OC1[C@H](OCCCC)C(CO)O[C@@H](O)[C@H]1N=[N+]=[N-]. The number of hydrogen-bond donors (Lipinski definition) is 2. The summed E-state index contributed by atoms with van der Waals surface area (Å²) >= 11 is 0. The third-order valence-corrected chi connectivity index (χ3v) is 3.36. The van der Waals surface area contributed by atoms with Crippen molar-refractivity contribution in [2.75, 3.05) is 19.8 Å². The summed E-state index contributed by atoms with van der Waals surface area (Å²) in [5.74, 6) is 0. The minimum Gasteiger partial charge on any atom is -0.430 e. The van der Waals surface area contributed by atoms with E-state index in [2.05, 4.69) is 16.6 Å². The molecule has 10 heteroatoms. The number of aliphatic hydroxyl groups excluding tert-OH is 2. The van der Waals surface area contributed by atoms with Crippen molar-refractivity contribution in [3.63, 3.8) is 0 Å². The van der Waals surface area contributed by atoms with Crippen molar-refractivity contribution < 1.29 is 34.0 Å². The lowest BCUT2D eigenvalue weighted by Crippen LogP contribution is -2.60. The molecule has 2 N–H and O–H groups in total. The molecule has 1 saturated heterocycles. The average Bonchev–Trinajstić information content (AvgIpc) is 2.57. The van der Waals surface area contributed by atoms with Gasteiger partial charge in [0.15, 0.2) is 6.29 Å². The van der Waals surface area contributed by atoms with Crippen LogP contribution in [0, 0.1) is 0 Å². The van der Waals surface area contributed by atoms with Crippen molar-refractivity contribution in [3.05, 3.63) is 23.1 Å². The van der Waals surface area contributed by atoms with Crippen molar-refractivity contribution in [2.45, 2.75) is 50.4 Å². The minimum absolute atomic E-state index is 0.0679. The Balaban J connectivity index is 2.96. The lowest BCUT2D eigenvalue weighted by atomic mass is 9.97. The second kappa shape index (κ2) is 10.8. The molecular formula is C14H23N3O7. The smallest absolute Gasteiger partial charge is 0.430 e. The quantitative estimate of drug-likeness (QED) is 0.160. The molecule has 0 aliphatic carbocycles. The highest BCUT2D eigenvalue weighted by molar-refractivity contribution is 5.60. The Bertz CT molecular complexity index is 456. The summed E-state index contributed by atoms with van der Waals surface area (Å²) < 4.78 is 20.7. The Kier molecular flexibility index (Phi) is 9.13. The van der Waals surface area contributed by atoms with Gasteiger partial charge in [0.2, 0.25) is 0 Å². The van der Waals surface area contributed by atoms with Gasteiger partial charge in [0.1, 0.15) is 31.0 Å². The first-order chi connectivity index (χ1) is 11.6. The van der Waals surface area contributed by atoms with Crippen molar-refractivity contribution >= 4 is 6.16 Å². The number of rotatable bonds is 9. The second-order valence-electron chi connectivity index (χ2n) is 5.06. The summed E-state index contributed by atoms with van der Waals surface area (Å²) in [6.07, 6.45) is -2.67. The van der Waals surface area contributed by atoms with Gasteiger partial charge >= 0.3 is 6.16 Å². The molecule has 1 rings (SSSR count). The van der Waals surface area contributed by atoms with Gasteiger partial charge in [-0.25, -0.2) is 4.79 Å². The molecule has 10 nitrogen and oxygen atoms in total. The maximum atomic E-state index is 11.7. The molecule has 5 atom stereocenters. The predicted octanol–water partition coefficient (Wildman–Crippen LogP) is 1.27. The molecule has 24 heavy (non-hydrogen) atoms. The Labute approximate surface area is 139 Å². The number of azide groups is 1. The predicted molar refractivity (Wildman–Crippen MR) is 82.0 cm³/mol. The Morgan fingerprint density at radius 3 is 2.83 bits per heavy atom. The van der Waals surface area contributed by atoms with Gasteiger partial charge in [0, 0.05) is 11.5 Å². The van der Waals surface area contributed by atoms with Crippen LogP contribution >= 0.6 is 0 Å². The molecule has 136 valence electrons. The fourth-order valence-electron chi connectivity index (χ4n) is 2.21. The molecule has 0 aromatic rings. The molecule has 2 unspecified atom stereocenters. The van der Waals surface area contributed by atoms with Gasteiger partial charge in [0.05, 0.1) is 6.61 Å². The number of carbonyl (C=O) groups is 1. The van der Waals surface area contributed by atoms with Gasteiger partial charge < -0.3 is 29.2 Å². The zero-order valence-corrected chi connectivity index (χ0v) is 13.5. The van der Waals surface area contributed by atoms with Crippen LogP contribution in [0.4, 0.5) is 4.79 Å². The highest BCUT2D eigenvalue weighted by Crippen LogP contribution is 2.27. The van der Waals surface area contributed by atoms with E-state index in [-0.39, 0.29) is 6.61 Å². The van der Waals surface area contributed by atoms with Crippen molar-refractivity contribution in [1.29, 1.82) is 0 Å². The summed E-state index contributed by atoms with van der Waals surface area (Å²) in [6.45, 7) is 5.16. The van der Waals surface area contributed by atoms with Crippen LogP contribution in [0.1, 0.15) is 19.8 Å². The summed E-state index contributed by atoms with van der Waals surface area (Å²) in [6, 6.07) is -1.24. The van der Waals surface area contributed by atoms with Gasteiger partial charge in [-0.05, 0) is 12.0 Å². The first-order valence-electron chi connectivity index (χ1n) is 7.63. The van der Waals surface area contributed by atoms with E-state index in [0.29, 0.717) is 6.61 Å². The third-order valence-electron chi connectivity index (χ3n) is 3.36. The molecule has 1 fully saturated rings. The van der Waals surface area contributed by atoms with Crippen LogP contribution < -0.4 is 0 Å². The average molecular weight is 345 g/mol. The Morgan fingerprint density at radius 1 is 1.50 bits per heavy atom. The fraction of sp³-hybridized carbons (Fsp3) is 0.786. The van der Waals surface area contributed by atoms with Crippen LogP contribution in [0.25, 0.3) is 10.4 Å². The monoisotopic (exact) mass is 345 g/mol. The molecule has 0 spiro atoms. The first kappa shape index (κ1) is 20.2. The van der Waals surface area contributed by atoms with E-state index in [4.69, 9.17) is 24.5 Å². The third kappa shape index (κ3) is 5.66. The van der Waals surface area contributed by atoms with Crippen LogP contribution in [-0.4, -0.2) is 66.8 Å². The normalized spacial score (nSPS) is 29.4. The molecule has 0 amide bonds. The molecule has 1 heterocycles. The van der Waals surface area contributed by atoms with E-state index >= 15 is 0 Å². The van der Waals surface area contributed by atoms with E-state index in [9.17, 15) is 15.0 Å². The number of hydrogen-bond acceptors (Lipinski definition) is 8. The molecule has 0 aromatic carbocycles. The van der Waals surface area contributed by atoms with Gasteiger partial charge in [-0.3, -0.25) is 0 Å². The number of unbranched alkanes of at least 4 members (excludes halogenated alkanes) is 1. The number of ether oxygens (including phenoxy) is 4. The maximum Gasteiger partial charge on any atom is 0.508 e. The van der Waals surface area contributed by atoms with Crippen molar-refractivity contribution in [1.82, 2.24) is 0 Å². The molecule has 0 aromatic heterocycles. The fourth-order valence-corrected chi connectivity index (χ4v) is 2.21. The van der Waals surface area contributed by atoms with E-state index in [1.165, 1.54) is 6.08 Å². The van der Waals surface area contributed by atoms with Crippen molar-refractivity contribution in [3.8, 4) is 0 Å². The number of nitrogens with zero attached hydrogens (tertiary/aromatic N) is 3. The molecule has 1 aliphatic rings. The van der Waals surface area contributed by atoms with Gasteiger partial charge in [-0.1, -0.05) is 31.1 Å². The van der Waals surface area contributed by atoms with Crippen LogP contribution in [0.2, 0.25) is 0 Å². The van der Waals surface area contributed by atoms with Gasteiger partial charge in [-0.15, -0.1) is 0 Å². The molecule has 0 saturated carbocycles. The lowest BCUT2D eigenvalue weighted by Gasteiger charge is -2.41. The minimum atomic E-state index is -1.55. The Morgan fingerprint density at radius 2 is 2.25 bits per heavy atom. The lowest BCUT2D eigenvalue weighted by molar-refractivity contribution is -0.260.